The van der Waals surface area contributed by atoms with Gasteiger partial charge >= 0.3 is 0 Å². The minimum absolute atomic E-state index is 0.142. The van der Waals surface area contributed by atoms with Gasteiger partial charge < -0.3 is 10.5 Å². The van der Waals surface area contributed by atoms with Crippen molar-refractivity contribution < 1.29 is 4.74 Å². The number of nitrogens with two attached hydrogens (primary N) is 1. The van der Waals surface area contributed by atoms with Crippen LogP contribution < -0.4 is 10.5 Å². The molecule has 0 aliphatic heterocycles. The third-order valence-electron chi connectivity index (χ3n) is 3.07. The Bertz CT molecular complexity index is 568. The van der Waals surface area contributed by atoms with Crippen LogP contribution in [0.5, 0.6) is 5.75 Å². The number of aryl methyl sites for hydroxylation is 2. The van der Waals surface area contributed by atoms with Crippen LogP contribution in [0.4, 0.5) is 0 Å². The van der Waals surface area contributed by atoms with Crippen LogP contribution in [0.3, 0.4) is 0 Å². The molecule has 1 unspecified atom stereocenters. The number of rotatable bonds is 4. The normalized spacial score (nSPS) is 12.2. The molecule has 2 aromatic rings. The molecule has 19 heavy (non-hydrogen) atoms. The molecule has 0 bridgehead atoms. The molecule has 2 aromatic carbocycles. The Morgan fingerprint density at radius 1 is 1.16 bits per heavy atom. The van der Waals surface area contributed by atoms with Crippen LogP contribution in [0.1, 0.15) is 22.8 Å². The van der Waals surface area contributed by atoms with E-state index in [4.69, 9.17) is 10.5 Å². The van der Waals surface area contributed by atoms with Crippen LogP contribution in [-0.4, -0.2) is 6.54 Å². The second-order valence-electron chi connectivity index (χ2n) is 4.63. The molecule has 1 atom stereocenters. The Morgan fingerprint density at radius 2 is 1.89 bits per heavy atom. The van der Waals surface area contributed by atoms with Crippen molar-refractivity contribution >= 4 is 15.9 Å². The lowest BCUT2D eigenvalue weighted by atomic mass is 10.1. The minimum Gasteiger partial charge on any atom is -0.484 e. The molecule has 2 N–H and O–H groups in total. The Kier molecular flexibility index (Phi) is 4.61. The van der Waals surface area contributed by atoms with Crippen molar-refractivity contribution in [3.8, 4) is 5.75 Å². The van der Waals surface area contributed by atoms with Crippen LogP contribution in [0.2, 0.25) is 0 Å². The summed E-state index contributed by atoms with van der Waals surface area (Å²) >= 11 is 3.55. The fraction of sp³-hybridized carbons (Fsp3) is 0.250. The monoisotopic (exact) mass is 319 g/mol. The SMILES string of the molecule is Cc1ccc(OC(CN)c2ccccc2Br)c(C)c1. The highest BCUT2D eigenvalue weighted by atomic mass is 79.9. The first kappa shape index (κ1) is 14.1. The molecular formula is C16H18BrNO. The van der Waals surface area contributed by atoms with Crippen LogP contribution in [0, 0.1) is 13.8 Å². The van der Waals surface area contributed by atoms with E-state index in [1.807, 2.05) is 30.3 Å². The first-order chi connectivity index (χ1) is 9.11. The summed E-state index contributed by atoms with van der Waals surface area (Å²) in [5.41, 5.74) is 9.29. The van der Waals surface area contributed by atoms with Gasteiger partial charge in [0.05, 0.1) is 0 Å². The van der Waals surface area contributed by atoms with Gasteiger partial charge in [0.25, 0.3) is 0 Å². The number of halogens is 1. The third-order valence-corrected chi connectivity index (χ3v) is 3.79. The summed E-state index contributed by atoms with van der Waals surface area (Å²) in [6.45, 7) is 4.57. The van der Waals surface area contributed by atoms with Gasteiger partial charge in [0.1, 0.15) is 11.9 Å². The molecule has 2 rings (SSSR count). The molecule has 0 aliphatic rings. The van der Waals surface area contributed by atoms with Crippen molar-refractivity contribution in [2.45, 2.75) is 20.0 Å². The van der Waals surface area contributed by atoms with Crippen molar-refractivity contribution in [2.75, 3.05) is 6.54 Å². The molecule has 2 nitrogen and oxygen atoms in total. The molecule has 0 saturated heterocycles. The quantitative estimate of drug-likeness (QED) is 0.919. The number of hydrogen-bond acceptors (Lipinski definition) is 2. The molecule has 3 heteroatoms. The van der Waals surface area contributed by atoms with Crippen molar-refractivity contribution in [3.63, 3.8) is 0 Å². The van der Waals surface area contributed by atoms with Crippen LogP contribution in [0.25, 0.3) is 0 Å². The van der Waals surface area contributed by atoms with Gasteiger partial charge in [0.15, 0.2) is 0 Å². The fourth-order valence-electron chi connectivity index (χ4n) is 2.06. The number of hydrogen-bond donors (Lipinski definition) is 1. The van der Waals surface area contributed by atoms with Crippen LogP contribution >= 0.6 is 15.9 Å². The van der Waals surface area contributed by atoms with Crippen molar-refractivity contribution in [1.82, 2.24) is 0 Å². The summed E-state index contributed by atoms with van der Waals surface area (Å²) in [5.74, 6) is 0.886. The molecule has 0 fully saturated rings. The summed E-state index contributed by atoms with van der Waals surface area (Å²) in [6.07, 6.45) is -0.142. The lowest BCUT2D eigenvalue weighted by Gasteiger charge is -2.20. The lowest BCUT2D eigenvalue weighted by Crippen LogP contribution is -2.19. The van der Waals surface area contributed by atoms with Crippen molar-refractivity contribution in [2.24, 2.45) is 5.73 Å². The summed E-state index contributed by atoms with van der Waals surface area (Å²) in [6, 6.07) is 14.2. The second-order valence-corrected chi connectivity index (χ2v) is 5.49. The van der Waals surface area contributed by atoms with Crippen LogP contribution in [-0.2, 0) is 0 Å². The average molecular weight is 320 g/mol. The fourth-order valence-corrected chi connectivity index (χ4v) is 2.60. The van der Waals surface area contributed by atoms with Gasteiger partial charge in [-0.3, -0.25) is 0 Å². The summed E-state index contributed by atoms with van der Waals surface area (Å²) in [4.78, 5) is 0. The van der Waals surface area contributed by atoms with E-state index >= 15 is 0 Å². The van der Waals surface area contributed by atoms with E-state index in [2.05, 4.69) is 41.9 Å². The topological polar surface area (TPSA) is 35.2 Å². The Balaban J connectivity index is 2.27. The first-order valence-corrected chi connectivity index (χ1v) is 7.09. The van der Waals surface area contributed by atoms with E-state index in [0.717, 1.165) is 21.3 Å². The molecule has 0 amide bonds. The molecule has 0 spiro atoms. The molecule has 0 saturated carbocycles. The van der Waals surface area contributed by atoms with Gasteiger partial charge in [-0.15, -0.1) is 0 Å². The zero-order valence-corrected chi connectivity index (χ0v) is 12.8. The highest BCUT2D eigenvalue weighted by Gasteiger charge is 2.15. The predicted octanol–water partition coefficient (Wildman–Crippen LogP) is 4.14. The van der Waals surface area contributed by atoms with E-state index in [1.165, 1.54) is 5.56 Å². The van der Waals surface area contributed by atoms with E-state index in [9.17, 15) is 0 Å². The maximum absolute atomic E-state index is 6.06. The Hall–Kier alpha value is -1.32. The third kappa shape index (κ3) is 3.37. The van der Waals surface area contributed by atoms with Gasteiger partial charge in [0.2, 0.25) is 0 Å². The van der Waals surface area contributed by atoms with E-state index in [1.54, 1.807) is 0 Å². The van der Waals surface area contributed by atoms with Gasteiger partial charge in [-0.2, -0.15) is 0 Å². The van der Waals surface area contributed by atoms with Crippen LogP contribution in [0.15, 0.2) is 46.9 Å². The summed E-state index contributed by atoms with van der Waals surface area (Å²) in [5, 5.41) is 0. The maximum Gasteiger partial charge on any atom is 0.137 e. The number of benzene rings is 2. The Morgan fingerprint density at radius 3 is 2.53 bits per heavy atom. The molecule has 0 heterocycles. The molecule has 0 aliphatic carbocycles. The summed E-state index contributed by atoms with van der Waals surface area (Å²) < 4.78 is 7.08. The lowest BCUT2D eigenvalue weighted by molar-refractivity contribution is 0.212. The van der Waals surface area contributed by atoms with E-state index < -0.39 is 0 Å². The largest absolute Gasteiger partial charge is 0.484 e. The van der Waals surface area contributed by atoms with Gasteiger partial charge in [0, 0.05) is 16.6 Å². The van der Waals surface area contributed by atoms with E-state index in [0.29, 0.717) is 6.54 Å². The highest BCUT2D eigenvalue weighted by molar-refractivity contribution is 9.10. The first-order valence-electron chi connectivity index (χ1n) is 6.30. The molecule has 0 aromatic heterocycles. The Labute approximate surface area is 122 Å². The molecular weight excluding hydrogens is 302 g/mol. The second kappa shape index (κ2) is 6.22. The predicted molar refractivity (Wildman–Crippen MR) is 82.5 cm³/mol. The van der Waals surface area contributed by atoms with Crippen molar-refractivity contribution in [3.05, 3.63) is 63.6 Å². The van der Waals surface area contributed by atoms with Gasteiger partial charge in [-0.25, -0.2) is 0 Å². The molecule has 0 radical (unpaired) electrons. The zero-order valence-electron chi connectivity index (χ0n) is 11.2. The maximum atomic E-state index is 6.06. The highest BCUT2D eigenvalue weighted by Crippen LogP contribution is 2.29. The van der Waals surface area contributed by atoms with Gasteiger partial charge in [-0.1, -0.05) is 51.8 Å². The molecule has 100 valence electrons. The van der Waals surface area contributed by atoms with Gasteiger partial charge in [-0.05, 0) is 31.5 Å². The summed E-state index contributed by atoms with van der Waals surface area (Å²) in [7, 11) is 0. The zero-order chi connectivity index (χ0) is 13.8. The average Bonchev–Trinajstić information content (AvgIpc) is 2.39. The minimum atomic E-state index is -0.142. The van der Waals surface area contributed by atoms with E-state index in [-0.39, 0.29) is 6.10 Å². The number of ether oxygens (including phenoxy) is 1. The standard InChI is InChI=1S/C16H18BrNO/c1-11-7-8-15(12(2)9-11)19-16(10-18)13-5-3-4-6-14(13)17/h3-9,16H,10,18H2,1-2H3. The van der Waals surface area contributed by atoms with Crippen molar-refractivity contribution in [1.29, 1.82) is 0 Å². The smallest absolute Gasteiger partial charge is 0.137 e.